The van der Waals surface area contributed by atoms with Crippen LogP contribution in [0.5, 0.6) is 5.75 Å². The molecule has 0 aliphatic carbocycles. The number of nitrogens with two attached hydrogens (primary N) is 1. The van der Waals surface area contributed by atoms with E-state index in [9.17, 15) is 24.6 Å². The average molecular weight is 625 g/mol. The molecule has 0 aliphatic heterocycles. The molecule has 13 heteroatoms. The minimum Gasteiger partial charge on any atom is -2.00 e. The van der Waals surface area contributed by atoms with E-state index in [1.165, 1.54) is 24.3 Å². The Balaban J connectivity index is 0. The van der Waals surface area contributed by atoms with Crippen molar-refractivity contribution in [1.82, 2.24) is 16.0 Å². The molecule has 6 N–H and O–H groups in total. The van der Waals surface area contributed by atoms with E-state index in [1.54, 1.807) is 0 Å². The predicted molar refractivity (Wildman–Crippen MR) is 106 cm³/mol. The summed E-state index contributed by atoms with van der Waals surface area (Å²) in [5.41, 5.74) is 5.66. The summed E-state index contributed by atoms with van der Waals surface area (Å²) in [7, 11) is 0. The van der Waals surface area contributed by atoms with E-state index in [4.69, 9.17) is 23.8 Å². The normalized spacial score (nSPS) is 11.7. The average Bonchev–Trinajstić information content (AvgIpc) is 2.69. The van der Waals surface area contributed by atoms with E-state index in [2.05, 4.69) is 16.0 Å². The van der Waals surface area contributed by atoms with E-state index in [1.807, 2.05) is 0 Å². The van der Waals surface area contributed by atoms with Gasteiger partial charge in [-0.25, -0.2) is 0 Å². The Bertz CT molecular complexity index is 722. The Morgan fingerprint density at radius 2 is 1.71 bits per heavy atom. The van der Waals surface area contributed by atoms with Crippen LogP contribution in [-0.4, -0.2) is 54.5 Å². The Hall–Kier alpha value is -2.17. The molecule has 1 aromatic carbocycles. The van der Waals surface area contributed by atoms with Gasteiger partial charge in [0, 0.05) is 32.0 Å². The smallest absolute Gasteiger partial charge is 0.251 e. The Morgan fingerprint density at radius 1 is 1.10 bits per heavy atom. The Morgan fingerprint density at radius 3 is 2.23 bits per heavy atom. The Labute approximate surface area is 199 Å². The number of hydrogen-bond donors (Lipinski definition) is 5. The van der Waals surface area contributed by atoms with Crippen molar-refractivity contribution < 1.29 is 50.5 Å². The molecule has 0 spiro atoms. The maximum Gasteiger partial charge on any atom is 0.251 e. The zero-order valence-electron chi connectivity index (χ0n) is 16.5. The van der Waals surface area contributed by atoms with E-state index in [0.29, 0.717) is 19.4 Å². The molecule has 2 atom stereocenters. The molecule has 1 aromatic rings. The maximum atomic E-state index is 12.4. The first-order valence-corrected chi connectivity index (χ1v) is 9.54. The van der Waals surface area contributed by atoms with Crippen LogP contribution in [0.1, 0.15) is 29.6 Å². The van der Waals surface area contributed by atoms with Gasteiger partial charge in [0.2, 0.25) is 11.8 Å². The molecule has 1 rings (SSSR count). The van der Waals surface area contributed by atoms with Gasteiger partial charge in [-0.05, 0) is 31.7 Å². The van der Waals surface area contributed by atoms with E-state index < -0.39 is 35.7 Å². The predicted octanol–water partition coefficient (Wildman–Crippen LogP) is -2.65. The van der Waals surface area contributed by atoms with Gasteiger partial charge < -0.3 is 55.4 Å². The second-order valence-electron chi connectivity index (χ2n) is 6.20. The summed E-state index contributed by atoms with van der Waals surface area (Å²) in [6.07, 6.45) is 1.45. The van der Waals surface area contributed by atoms with Crippen molar-refractivity contribution in [3.8, 4) is 5.75 Å². The number of carbonyl (C=O) groups excluding carboxylic acids is 3. The topological polar surface area (TPSA) is 212 Å². The first kappa shape index (κ1) is 31.0. The van der Waals surface area contributed by atoms with Crippen molar-refractivity contribution in [2.45, 2.75) is 31.3 Å². The van der Waals surface area contributed by atoms with Crippen LogP contribution < -0.4 is 31.9 Å². The molecule has 3 amide bonds. The van der Waals surface area contributed by atoms with Crippen LogP contribution in [0.4, 0.5) is 0 Å². The zero-order chi connectivity index (χ0) is 21.8. The Kier molecular flexibility index (Phi) is 16.5. The minimum absolute atomic E-state index is 0. The summed E-state index contributed by atoms with van der Waals surface area (Å²) in [6, 6.07) is 3.05. The molecule has 0 aliphatic rings. The molecule has 1 radical (unpaired) electrons. The van der Waals surface area contributed by atoms with Gasteiger partial charge in [0.25, 0.3) is 5.91 Å². The molecule has 31 heavy (non-hydrogen) atoms. The number of rotatable bonds is 12. The third kappa shape index (κ3) is 11.7. The first-order valence-electron chi connectivity index (χ1n) is 8.97. The van der Waals surface area contributed by atoms with Crippen molar-refractivity contribution in [2.24, 2.45) is 5.73 Å². The molecule has 0 aromatic heterocycles. The maximum absolute atomic E-state index is 12.4. The van der Waals surface area contributed by atoms with Crippen LogP contribution >= 0.6 is 0 Å². The molecule has 0 heterocycles. The van der Waals surface area contributed by atoms with Gasteiger partial charge in [0.1, 0.15) is 6.04 Å². The van der Waals surface area contributed by atoms with Gasteiger partial charge >= 0.3 is 0 Å². The van der Waals surface area contributed by atoms with Crippen LogP contribution in [0, 0.1) is 5.41 Å². The molecule has 175 valence electrons. The van der Waals surface area contributed by atoms with Crippen LogP contribution in [0.3, 0.4) is 0 Å². The van der Waals surface area contributed by atoms with Crippen molar-refractivity contribution in [3.05, 3.63) is 29.8 Å². The van der Waals surface area contributed by atoms with Crippen LogP contribution in [-0.2, 0) is 48.1 Å². The number of unbranched alkanes of at least 4 members (excludes halogenated alkanes) is 1. The number of amides is 3. The fraction of sp³-hybridized carbons (Fsp3) is 0.444. The quantitative estimate of drug-likeness (QED) is 0.0721. The first-order chi connectivity index (χ1) is 13.8. The zero-order valence-corrected chi connectivity index (χ0v) is 20.1. The van der Waals surface area contributed by atoms with Gasteiger partial charge in [-0.3, -0.25) is 14.4 Å². The van der Waals surface area contributed by atoms with Crippen molar-refractivity contribution in [3.63, 3.8) is 0 Å². The van der Waals surface area contributed by atoms with Gasteiger partial charge in [-0.15, -0.1) is 5.75 Å². The summed E-state index contributed by atoms with van der Waals surface area (Å²) in [5, 5.41) is 36.6. The standard InChI is InChI=1S/C18H27N5O5S.O.Re/c19-8-2-1-3-13(18(28)23-14(10-29)16(20)26)22-15(25)9-21-17(27)11-4-6-12(24)7-5-11;;/h4-7,13-14,24,29H,1-3,8-10,19H2,(H2,20,26)(H,21,27)(H,22,25)(H,23,28);;/q;-2;/p-3/t13-,14+;;/m0../s1. The monoisotopic (exact) mass is 625 g/mol. The summed E-state index contributed by atoms with van der Waals surface area (Å²) in [6.45, 7) is 0.0287. The van der Waals surface area contributed by atoms with E-state index in [0.717, 1.165) is 0 Å². The fourth-order valence-electron chi connectivity index (χ4n) is 2.33. The molecule has 0 bridgehead atoms. The number of nitrogens with one attached hydrogen (secondary N) is 4. The number of carbonyl (C=O) groups is 3. The van der Waals surface area contributed by atoms with Gasteiger partial charge in [-0.2, -0.15) is 5.75 Å². The van der Waals surface area contributed by atoms with Gasteiger partial charge in [0.15, 0.2) is 0 Å². The summed E-state index contributed by atoms with van der Waals surface area (Å²) >= 11 is 4.75. The van der Waals surface area contributed by atoms with Crippen molar-refractivity contribution >= 4 is 36.2 Å². The molecule has 0 unspecified atom stereocenters. The second kappa shape index (κ2) is 16.5. The molecular formula is C18H24N5O6ReS-5. The van der Waals surface area contributed by atoms with Crippen molar-refractivity contribution in [2.75, 3.05) is 18.8 Å². The number of hydrogen-bond acceptors (Lipinski definition) is 8. The minimum atomic E-state index is -1.13. The second-order valence-corrected chi connectivity index (χ2v) is 6.54. The van der Waals surface area contributed by atoms with Crippen LogP contribution in [0.2, 0.25) is 0 Å². The third-order valence-corrected chi connectivity index (χ3v) is 4.26. The summed E-state index contributed by atoms with van der Waals surface area (Å²) < 4.78 is 0. The van der Waals surface area contributed by atoms with E-state index in [-0.39, 0.29) is 55.9 Å². The van der Waals surface area contributed by atoms with Crippen molar-refractivity contribution in [1.29, 1.82) is 5.41 Å². The molecule has 11 nitrogen and oxygen atoms in total. The molecule has 0 saturated carbocycles. The largest absolute Gasteiger partial charge is 2.00 e. The molecular weight excluding hydrogens is 601 g/mol. The van der Waals surface area contributed by atoms with Gasteiger partial charge in [-0.1, -0.05) is 24.3 Å². The molecule has 0 fully saturated rings. The summed E-state index contributed by atoms with van der Waals surface area (Å²) in [4.78, 5) is 36.5. The third-order valence-electron chi connectivity index (χ3n) is 3.92. The van der Waals surface area contributed by atoms with Crippen LogP contribution in [0.15, 0.2) is 24.3 Å². The summed E-state index contributed by atoms with van der Waals surface area (Å²) in [5.74, 6) is -3.21. The van der Waals surface area contributed by atoms with Crippen LogP contribution in [0.25, 0.3) is 0 Å². The molecule has 0 saturated heterocycles. The fourth-order valence-corrected chi connectivity index (χ4v) is 2.57. The number of benzene rings is 1. The van der Waals surface area contributed by atoms with Gasteiger partial charge in [0.05, 0.1) is 6.54 Å². The van der Waals surface area contributed by atoms with E-state index >= 15 is 0 Å². The SMILES string of the molecule is N=C([O-])[C@@H](C[S-])NC(=O)[C@H](CCCCN)NC(=O)CNC(=O)c1ccc([O-])cc1.[O-2].[Re].